The quantitative estimate of drug-likeness (QED) is 0.769. The Hall–Kier alpha value is -0.560. The van der Waals surface area contributed by atoms with Crippen molar-refractivity contribution in [3.05, 3.63) is 29.3 Å². The Labute approximate surface area is 132 Å². The average molecular weight is 329 g/mol. The van der Waals surface area contributed by atoms with Crippen molar-refractivity contribution in [1.29, 1.82) is 0 Å². The highest BCUT2D eigenvalue weighted by Crippen LogP contribution is 2.21. The van der Waals surface area contributed by atoms with Crippen LogP contribution >= 0.6 is 11.8 Å². The van der Waals surface area contributed by atoms with Gasteiger partial charge in [-0.3, -0.25) is 0 Å². The Kier molecular flexibility index (Phi) is 5.71. The highest BCUT2D eigenvalue weighted by Gasteiger charge is 2.21. The third kappa shape index (κ3) is 4.98. The van der Waals surface area contributed by atoms with Crippen LogP contribution in [-0.4, -0.2) is 32.5 Å². The lowest BCUT2D eigenvalue weighted by atomic mass is 10.1. The molecule has 0 aliphatic heterocycles. The maximum Gasteiger partial charge on any atom is 0.240 e. The summed E-state index contributed by atoms with van der Waals surface area (Å²) in [6, 6.07) is 5.97. The van der Waals surface area contributed by atoms with E-state index in [2.05, 4.69) is 10.0 Å². The molecule has 0 radical (unpaired) electrons. The normalized spacial score (nSPS) is 16.9. The Morgan fingerprint density at radius 1 is 1.38 bits per heavy atom. The summed E-state index contributed by atoms with van der Waals surface area (Å²) in [4.78, 5) is 0.356. The van der Waals surface area contributed by atoms with Gasteiger partial charge in [0.1, 0.15) is 0 Å². The van der Waals surface area contributed by atoms with Gasteiger partial charge in [-0.2, -0.15) is 11.8 Å². The van der Waals surface area contributed by atoms with E-state index in [0.29, 0.717) is 17.5 Å². The van der Waals surface area contributed by atoms with Crippen LogP contribution in [0, 0.1) is 6.92 Å². The molecule has 1 aliphatic carbocycles. The third-order valence-electron chi connectivity index (χ3n) is 3.75. The van der Waals surface area contributed by atoms with Crippen molar-refractivity contribution in [1.82, 2.24) is 10.0 Å². The Morgan fingerprint density at radius 3 is 2.71 bits per heavy atom. The number of nitrogens with one attached hydrogen (secondary N) is 2. The molecular formula is C15H24N2O2S2. The minimum Gasteiger partial charge on any atom is -0.310 e. The molecule has 118 valence electrons. The highest BCUT2D eigenvalue weighted by molar-refractivity contribution is 7.99. The fourth-order valence-corrected chi connectivity index (χ4v) is 3.48. The summed E-state index contributed by atoms with van der Waals surface area (Å²) < 4.78 is 27.3. The first kappa shape index (κ1) is 16.8. The molecule has 0 bridgehead atoms. The van der Waals surface area contributed by atoms with E-state index in [-0.39, 0.29) is 5.25 Å². The van der Waals surface area contributed by atoms with E-state index < -0.39 is 10.0 Å². The second-order valence-electron chi connectivity index (χ2n) is 5.64. The van der Waals surface area contributed by atoms with Crippen LogP contribution in [0.25, 0.3) is 0 Å². The molecule has 0 amide bonds. The Balaban J connectivity index is 2.08. The lowest BCUT2D eigenvalue weighted by Gasteiger charge is -2.13. The summed E-state index contributed by atoms with van der Waals surface area (Å²) >= 11 is 1.65. The van der Waals surface area contributed by atoms with E-state index in [1.54, 1.807) is 23.9 Å². The van der Waals surface area contributed by atoms with Gasteiger partial charge in [-0.25, -0.2) is 13.1 Å². The predicted molar refractivity (Wildman–Crippen MR) is 89.2 cm³/mol. The molecule has 2 N–H and O–H groups in total. The lowest BCUT2D eigenvalue weighted by molar-refractivity contribution is 0.581. The summed E-state index contributed by atoms with van der Waals surface area (Å²) in [6.45, 7) is 5.21. The molecule has 4 nitrogen and oxygen atoms in total. The van der Waals surface area contributed by atoms with Crippen molar-refractivity contribution in [3.63, 3.8) is 0 Å². The molecule has 1 aliphatic rings. The van der Waals surface area contributed by atoms with Crippen LogP contribution in [0.3, 0.4) is 0 Å². The highest BCUT2D eigenvalue weighted by atomic mass is 32.2. The fraction of sp³-hybridized carbons (Fsp3) is 0.600. The lowest BCUT2D eigenvalue weighted by Crippen LogP contribution is -2.29. The van der Waals surface area contributed by atoms with Gasteiger partial charge in [0.2, 0.25) is 10.0 Å². The summed E-state index contributed by atoms with van der Waals surface area (Å²) in [5.74, 6) is 0. The number of hydrogen-bond acceptors (Lipinski definition) is 4. The van der Waals surface area contributed by atoms with Gasteiger partial charge in [0.25, 0.3) is 0 Å². The Morgan fingerprint density at radius 2 is 2.10 bits per heavy atom. The van der Waals surface area contributed by atoms with Crippen LogP contribution in [0.1, 0.15) is 30.9 Å². The minimum atomic E-state index is -3.42. The van der Waals surface area contributed by atoms with Gasteiger partial charge in [-0.1, -0.05) is 13.0 Å². The zero-order chi connectivity index (χ0) is 15.5. The molecule has 0 spiro atoms. The summed E-state index contributed by atoms with van der Waals surface area (Å²) in [7, 11) is -3.42. The molecule has 0 heterocycles. The minimum absolute atomic E-state index is 0.265. The van der Waals surface area contributed by atoms with Crippen molar-refractivity contribution in [2.24, 2.45) is 0 Å². The first-order chi connectivity index (χ1) is 9.92. The van der Waals surface area contributed by atoms with Crippen molar-refractivity contribution < 1.29 is 8.42 Å². The van der Waals surface area contributed by atoms with Crippen LogP contribution in [0.2, 0.25) is 0 Å². The van der Waals surface area contributed by atoms with Gasteiger partial charge < -0.3 is 5.32 Å². The van der Waals surface area contributed by atoms with Gasteiger partial charge >= 0.3 is 0 Å². The Bertz CT molecular complexity index is 583. The maximum atomic E-state index is 12.3. The largest absolute Gasteiger partial charge is 0.310 e. The second kappa shape index (κ2) is 7.13. The second-order valence-corrected chi connectivity index (χ2v) is 8.68. The van der Waals surface area contributed by atoms with E-state index in [0.717, 1.165) is 17.7 Å². The molecule has 1 atom stereocenters. The molecule has 6 heteroatoms. The number of benzene rings is 1. The van der Waals surface area contributed by atoms with Gasteiger partial charge in [0.15, 0.2) is 0 Å². The van der Waals surface area contributed by atoms with Gasteiger partial charge in [0, 0.05) is 24.4 Å². The van der Waals surface area contributed by atoms with E-state index in [4.69, 9.17) is 0 Å². The fourth-order valence-electron chi connectivity index (χ4n) is 1.94. The zero-order valence-electron chi connectivity index (χ0n) is 12.8. The number of thioether (sulfide) groups is 1. The molecule has 1 saturated carbocycles. The number of sulfonamides is 1. The third-order valence-corrected chi connectivity index (χ3v) is 6.15. The molecule has 21 heavy (non-hydrogen) atoms. The molecule has 1 fully saturated rings. The van der Waals surface area contributed by atoms with Crippen molar-refractivity contribution in [2.75, 3.05) is 12.8 Å². The van der Waals surface area contributed by atoms with Crippen molar-refractivity contribution >= 4 is 21.8 Å². The van der Waals surface area contributed by atoms with Crippen molar-refractivity contribution in [3.8, 4) is 0 Å². The summed E-state index contributed by atoms with van der Waals surface area (Å²) in [6.07, 6.45) is 4.43. The van der Waals surface area contributed by atoms with E-state index >= 15 is 0 Å². The van der Waals surface area contributed by atoms with Crippen LogP contribution in [0.5, 0.6) is 0 Å². The van der Waals surface area contributed by atoms with Crippen LogP contribution < -0.4 is 10.0 Å². The molecule has 1 aromatic carbocycles. The number of aryl methyl sites for hydroxylation is 1. The maximum absolute atomic E-state index is 12.3. The zero-order valence-corrected chi connectivity index (χ0v) is 14.5. The van der Waals surface area contributed by atoms with Gasteiger partial charge in [-0.15, -0.1) is 0 Å². The number of hydrogen-bond donors (Lipinski definition) is 2. The van der Waals surface area contributed by atoms with Gasteiger partial charge in [0.05, 0.1) is 4.90 Å². The summed E-state index contributed by atoms with van der Waals surface area (Å²) in [5.41, 5.74) is 2.18. The van der Waals surface area contributed by atoms with Crippen LogP contribution in [0.15, 0.2) is 23.1 Å². The van der Waals surface area contributed by atoms with Gasteiger partial charge in [-0.05, 0) is 49.3 Å². The smallest absolute Gasteiger partial charge is 0.240 e. The average Bonchev–Trinajstić information content (AvgIpc) is 3.28. The molecule has 0 saturated heterocycles. The standard InChI is InChI=1S/C15H24N2O2S2/c1-11-4-7-15(8-13(11)10-16-14-5-6-14)21(18,19)17-9-12(2)20-3/h4,7-8,12,14,16-17H,5-6,9-10H2,1-3H3. The molecular weight excluding hydrogens is 304 g/mol. The molecule has 1 aromatic rings. The molecule has 1 unspecified atom stereocenters. The van der Waals surface area contributed by atoms with Crippen molar-refractivity contribution in [2.45, 2.75) is 49.4 Å². The monoisotopic (exact) mass is 328 g/mol. The first-order valence-corrected chi connectivity index (χ1v) is 10.0. The first-order valence-electron chi connectivity index (χ1n) is 7.27. The summed E-state index contributed by atoms with van der Waals surface area (Å²) in [5, 5.41) is 3.70. The van der Waals surface area contributed by atoms with E-state index in [1.807, 2.05) is 26.2 Å². The SMILES string of the molecule is CSC(C)CNS(=O)(=O)c1ccc(C)c(CNC2CC2)c1. The van der Waals surface area contributed by atoms with E-state index in [1.165, 1.54) is 12.8 Å². The topological polar surface area (TPSA) is 58.2 Å². The number of rotatable bonds is 8. The van der Waals surface area contributed by atoms with Crippen LogP contribution in [-0.2, 0) is 16.6 Å². The van der Waals surface area contributed by atoms with E-state index in [9.17, 15) is 8.42 Å². The predicted octanol–water partition coefficient (Wildman–Crippen LogP) is 2.28. The van der Waals surface area contributed by atoms with Crippen LogP contribution in [0.4, 0.5) is 0 Å². The molecule has 2 rings (SSSR count). The molecule has 0 aromatic heterocycles.